The first-order valence-electron chi connectivity index (χ1n) is 6.54. The molecule has 2 aromatic rings. The molecule has 2 rings (SSSR count). The molecule has 3 nitrogen and oxygen atoms in total. The predicted octanol–water partition coefficient (Wildman–Crippen LogP) is 3.97. The van der Waals surface area contributed by atoms with E-state index in [0.717, 1.165) is 15.8 Å². The normalized spacial score (nSPS) is 10.8. The van der Waals surface area contributed by atoms with Gasteiger partial charge in [0.05, 0.1) is 12.0 Å². The smallest absolute Gasteiger partial charge is 0.250 e. The number of carbonyl (C=O) groups is 1. The molecule has 0 saturated carbocycles. The van der Waals surface area contributed by atoms with Crippen LogP contribution in [0, 0.1) is 5.82 Å². The van der Waals surface area contributed by atoms with Crippen molar-refractivity contribution >= 4 is 39.8 Å². The fourth-order valence-electron chi connectivity index (χ4n) is 1.67. The zero-order valence-electron chi connectivity index (χ0n) is 11.6. The van der Waals surface area contributed by atoms with Gasteiger partial charge in [0.15, 0.2) is 0 Å². The van der Waals surface area contributed by atoms with Gasteiger partial charge in [-0.3, -0.25) is 4.79 Å². The van der Waals surface area contributed by atoms with Crippen molar-refractivity contribution in [3.8, 4) is 0 Å². The third-order valence-corrected chi connectivity index (χ3v) is 4.19. The zero-order chi connectivity index (χ0) is 15.8. The zero-order valence-corrected chi connectivity index (χ0v) is 14.0. The van der Waals surface area contributed by atoms with Crippen LogP contribution >= 0.6 is 27.7 Å². The van der Waals surface area contributed by atoms with Crippen LogP contribution in [-0.4, -0.2) is 17.9 Å². The Bertz CT molecular complexity index is 679. The van der Waals surface area contributed by atoms with Crippen LogP contribution in [0.3, 0.4) is 0 Å². The van der Waals surface area contributed by atoms with Gasteiger partial charge in [-0.15, -0.1) is 11.8 Å². The highest BCUT2D eigenvalue weighted by molar-refractivity contribution is 9.10. The molecule has 0 fully saturated rings. The molecular formula is C16H14BrFN2OS. The summed E-state index contributed by atoms with van der Waals surface area (Å²) in [7, 11) is 0. The number of amides is 1. The third-order valence-electron chi connectivity index (χ3n) is 2.69. The van der Waals surface area contributed by atoms with Crippen LogP contribution in [0.15, 0.2) is 58.1 Å². The predicted molar refractivity (Wildman–Crippen MR) is 92.4 cm³/mol. The van der Waals surface area contributed by atoms with Gasteiger partial charge >= 0.3 is 0 Å². The Balaban J connectivity index is 1.73. The number of thioether (sulfide) groups is 1. The monoisotopic (exact) mass is 380 g/mol. The number of nitrogens with one attached hydrogen (secondary N) is 1. The van der Waals surface area contributed by atoms with E-state index in [0.29, 0.717) is 11.3 Å². The van der Waals surface area contributed by atoms with Crippen molar-refractivity contribution in [1.29, 1.82) is 0 Å². The molecule has 0 saturated heterocycles. The number of carbonyl (C=O) groups excluding carboxylic acids is 1. The number of rotatable bonds is 6. The van der Waals surface area contributed by atoms with Crippen molar-refractivity contribution < 1.29 is 9.18 Å². The quantitative estimate of drug-likeness (QED) is 0.608. The number of benzene rings is 2. The molecule has 114 valence electrons. The van der Waals surface area contributed by atoms with E-state index in [-0.39, 0.29) is 11.7 Å². The minimum Gasteiger partial charge on any atom is -0.272 e. The molecule has 0 atom stereocenters. The fourth-order valence-corrected chi connectivity index (χ4v) is 2.89. The topological polar surface area (TPSA) is 41.5 Å². The van der Waals surface area contributed by atoms with Crippen LogP contribution in [0.25, 0.3) is 0 Å². The first kappa shape index (κ1) is 16.7. The molecule has 0 heterocycles. The van der Waals surface area contributed by atoms with Crippen molar-refractivity contribution in [2.75, 3.05) is 5.75 Å². The van der Waals surface area contributed by atoms with E-state index in [1.54, 1.807) is 18.2 Å². The molecule has 1 amide bonds. The molecule has 0 spiro atoms. The lowest BCUT2D eigenvalue weighted by Gasteiger charge is -2.02. The van der Waals surface area contributed by atoms with Crippen LogP contribution in [0.1, 0.15) is 11.1 Å². The van der Waals surface area contributed by atoms with Gasteiger partial charge in [-0.2, -0.15) is 5.10 Å². The summed E-state index contributed by atoms with van der Waals surface area (Å²) in [6.07, 6.45) is 1.30. The average Bonchev–Trinajstić information content (AvgIpc) is 2.49. The summed E-state index contributed by atoms with van der Waals surface area (Å²) in [5.41, 5.74) is 3.87. The molecule has 6 heteroatoms. The lowest BCUT2D eigenvalue weighted by molar-refractivity contribution is -0.118. The van der Waals surface area contributed by atoms with Gasteiger partial charge in [0.2, 0.25) is 5.91 Å². The maximum atomic E-state index is 13.3. The molecule has 0 bridgehead atoms. The first-order chi connectivity index (χ1) is 10.6. The number of nitrogens with zero attached hydrogens (tertiary/aromatic N) is 1. The maximum absolute atomic E-state index is 13.3. The highest BCUT2D eigenvalue weighted by Gasteiger charge is 2.01. The Hall–Kier alpha value is -1.66. The molecule has 0 aliphatic heterocycles. The van der Waals surface area contributed by atoms with E-state index >= 15 is 0 Å². The van der Waals surface area contributed by atoms with Gasteiger partial charge in [0, 0.05) is 15.8 Å². The molecule has 0 aromatic heterocycles. The second-order valence-electron chi connectivity index (χ2n) is 4.44. The van der Waals surface area contributed by atoms with Crippen molar-refractivity contribution in [2.24, 2.45) is 5.10 Å². The molecule has 22 heavy (non-hydrogen) atoms. The first-order valence-corrected chi connectivity index (χ1v) is 8.48. The van der Waals surface area contributed by atoms with E-state index in [1.165, 1.54) is 24.0 Å². The fraction of sp³-hybridized carbons (Fsp3) is 0.125. The SMILES string of the molecule is O=C(CSCc1cccc(Br)c1)N/N=C\c1ccccc1F. The van der Waals surface area contributed by atoms with Gasteiger partial charge in [-0.25, -0.2) is 9.82 Å². The van der Waals surface area contributed by atoms with E-state index < -0.39 is 0 Å². The molecular weight excluding hydrogens is 367 g/mol. The van der Waals surface area contributed by atoms with Crippen LogP contribution in [0.2, 0.25) is 0 Å². The van der Waals surface area contributed by atoms with E-state index in [1.807, 2.05) is 24.3 Å². The molecule has 0 aliphatic rings. The lowest BCUT2D eigenvalue weighted by Crippen LogP contribution is -2.19. The van der Waals surface area contributed by atoms with E-state index in [4.69, 9.17) is 0 Å². The van der Waals surface area contributed by atoms with Crippen molar-refractivity contribution in [1.82, 2.24) is 5.43 Å². The van der Waals surface area contributed by atoms with Crippen molar-refractivity contribution in [2.45, 2.75) is 5.75 Å². The summed E-state index contributed by atoms with van der Waals surface area (Å²) in [5.74, 6) is 0.447. The van der Waals surface area contributed by atoms with Gasteiger partial charge < -0.3 is 0 Å². The highest BCUT2D eigenvalue weighted by atomic mass is 79.9. The molecule has 0 radical (unpaired) electrons. The average molecular weight is 381 g/mol. The van der Waals surface area contributed by atoms with Crippen LogP contribution in [-0.2, 0) is 10.5 Å². The lowest BCUT2D eigenvalue weighted by atomic mass is 10.2. The maximum Gasteiger partial charge on any atom is 0.250 e. The summed E-state index contributed by atoms with van der Waals surface area (Å²) in [4.78, 5) is 11.6. The molecule has 2 aromatic carbocycles. The van der Waals surface area contributed by atoms with Gasteiger partial charge in [0.25, 0.3) is 0 Å². The Kier molecular flexibility index (Phi) is 6.61. The Morgan fingerprint density at radius 2 is 2.09 bits per heavy atom. The highest BCUT2D eigenvalue weighted by Crippen LogP contribution is 2.16. The van der Waals surface area contributed by atoms with E-state index in [9.17, 15) is 9.18 Å². The summed E-state index contributed by atoms with van der Waals surface area (Å²) in [5, 5.41) is 3.76. The van der Waals surface area contributed by atoms with Crippen LogP contribution in [0.5, 0.6) is 0 Å². The summed E-state index contributed by atoms with van der Waals surface area (Å²) >= 11 is 4.90. The van der Waals surface area contributed by atoms with Gasteiger partial charge in [-0.05, 0) is 23.8 Å². The molecule has 1 N–H and O–H groups in total. The number of halogens is 2. The minimum atomic E-state index is -0.371. The number of hydrogen-bond acceptors (Lipinski definition) is 3. The molecule has 0 aliphatic carbocycles. The van der Waals surface area contributed by atoms with Crippen molar-refractivity contribution in [3.05, 3.63) is 69.9 Å². The third kappa shape index (κ3) is 5.61. The van der Waals surface area contributed by atoms with Crippen LogP contribution in [0.4, 0.5) is 4.39 Å². The van der Waals surface area contributed by atoms with Crippen LogP contribution < -0.4 is 5.43 Å². The Morgan fingerprint density at radius 1 is 1.27 bits per heavy atom. The largest absolute Gasteiger partial charge is 0.272 e. The van der Waals surface area contributed by atoms with Gasteiger partial charge in [0.1, 0.15) is 5.82 Å². The summed E-state index contributed by atoms with van der Waals surface area (Å²) in [6, 6.07) is 14.2. The second kappa shape index (κ2) is 8.70. The van der Waals surface area contributed by atoms with E-state index in [2.05, 4.69) is 26.5 Å². The number of hydrazone groups is 1. The Morgan fingerprint density at radius 3 is 2.86 bits per heavy atom. The standard InChI is InChI=1S/C16H14BrFN2OS/c17-14-6-3-4-12(8-14)10-22-11-16(21)20-19-9-13-5-1-2-7-15(13)18/h1-9H,10-11H2,(H,20,21)/b19-9-. The van der Waals surface area contributed by atoms with Gasteiger partial charge in [-0.1, -0.05) is 46.3 Å². The Labute approximate surface area is 141 Å². The second-order valence-corrected chi connectivity index (χ2v) is 6.34. The number of hydrogen-bond donors (Lipinski definition) is 1. The summed E-state index contributed by atoms with van der Waals surface area (Å²) < 4.78 is 14.3. The van der Waals surface area contributed by atoms with Crippen molar-refractivity contribution in [3.63, 3.8) is 0 Å². The summed E-state index contributed by atoms with van der Waals surface area (Å²) in [6.45, 7) is 0. The molecule has 0 unspecified atom stereocenters. The minimum absolute atomic E-state index is 0.215.